The van der Waals surface area contributed by atoms with Crippen molar-refractivity contribution in [3.05, 3.63) is 24.6 Å². The molecule has 2 aliphatic rings. The van der Waals surface area contributed by atoms with Crippen LogP contribution in [0.1, 0.15) is 44.9 Å². The fourth-order valence-electron chi connectivity index (χ4n) is 2.85. The van der Waals surface area contributed by atoms with Crippen LogP contribution in [0, 0.1) is 0 Å². The average Bonchev–Trinajstić information content (AvgIpc) is 2.82. The lowest BCUT2D eigenvalue weighted by atomic mass is 10.1. The second kappa shape index (κ2) is 6.13. The molecular formula is C15H26N2. The van der Waals surface area contributed by atoms with Crippen LogP contribution in [-0.4, -0.2) is 36.0 Å². The van der Waals surface area contributed by atoms with Crippen LogP contribution in [0.2, 0.25) is 0 Å². The van der Waals surface area contributed by atoms with E-state index in [-0.39, 0.29) is 0 Å². The van der Waals surface area contributed by atoms with Crippen molar-refractivity contribution in [2.75, 3.05) is 26.2 Å². The molecule has 0 radical (unpaired) electrons. The predicted octanol–water partition coefficient (Wildman–Crippen LogP) is 3.38. The third-order valence-corrected chi connectivity index (χ3v) is 4.02. The minimum Gasteiger partial charge on any atom is -0.374 e. The molecule has 0 aromatic rings. The monoisotopic (exact) mass is 234 g/mol. The summed E-state index contributed by atoms with van der Waals surface area (Å²) in [5.74, 6) is 0. The minimum absolute atomic E-state index is 0.999. The van der Waals surface area contributed by atoms with Crippen LogP contribution in [0.25, 0.3) is 0 Å². The molecule has 0 aromatic heterocycles. The first-order chi connectivity index (χ1) is 8.27. The lowest BCUT2D eigenvalue weighted by Crippen LogP contribution is -2.32. The predicted molar refractivity (Wildman–Crippen MR) is 73.7 cm³/mol. The van der Waals surface area contributed by atoms with Gasteiger partial charge in [-0.25, -0.2) is 0 Å². The van der Waals surface area contributed by atoms with Crippen molar-refractivity contribution in [3.8, 4) is 0 Å². The summed E-state index contributed by atoms with van der Waals surface area (Å²) >= 11 is 0. The Morgan fingerprint density at radius 3 is 2.35 bits per heavy atom. The molecule has 2 heterocycles. The van der Waals surface area contributed by atoms with E-state index in [9.17, 15) is 0 Å². The van der Waals surface area contributed by atoms with E-state index in [1.54, 1.807) is 0 Å². The SMILES string of the molecule is C=C(CN1CCCCCCC1=C)N1CCCC1. The van der Waals surface area contributed by atoms with Crippen molar-refractivity contribution < 1.29 is 0 Å². The van der Waals surface area contributed by atoms with E-state index in [0.717, 1.165) is 6.54 Å². The molecule has 17 heavy (non-hydrogen) atoms. The van der Waals surface area contributed by atoms with Gasteiger partial charge in [0, 0.05) is 31.0 Å². The van der Waals surface area contributed by atoms with Crippen LogP contribution >= 0.6 is 0 Å². The molecule has 0 atom stereocenters. The fraction of sp³-hybridized carbons (Fsp3) is 0.733. The van der Waals surface area contributed by atoms with Crippen LogP contribution in [0.15, 0.2) is 24.6 Å². The number of rotatable bonds is 3. The summed E-state index contributed by atoms with van der Waals surface area (Å²) in [7, 11) is 0. The molecule has 0 bridgehead atoms. The van der Waals surface area contributed by atoms with Crippen LogP contribution in [0.5, 0.6) is 0 Å². The van der Waals surface area contributed by atoms with Crippen molar-refractivity contribution in [3.63, 3.8) is 0 Å². The highest BCUT2D eigenvalue weighted by Gasteiger charge is 2.17. The second-order valence-corrected chi connectivity index (χ2v) is 5.41. The number of likely N-dealkylation sites (tertiary alicyclic amines) is 2. The lowest BCUT2D eigenvalue weighted by molar-refractivity contribution is 0.292. The van der Waals surface area contributed by atoms with E-state index in [1.807, 2.05) is 0 Å². The maximum absolute atomic E-state index is 4.26. The van der Waals surface area contributed by atoms with Crippen LogP contribution < -0.4 is 0 Å². The van der Waals surface area contributed by atoms with Gasteiger partial charge in [0.25, 0.3) is 0 Å². The van der Waals surface area contributed by atoms with Gasteiger partial charge in [-0.1, -0.05) is 26.0 Å². The zero-order chi connectivity index (χ0) is 12.1. The van der Waals surface area contributed by atoms with E-state index in [2.05, 4.69) is 23.0 Å². The summed E-state index contributed by atoms with van der Waals surface area (Å²) in [6, 6.07) is 0. The van der Waals surface area contributed by atoms with Gasteiger partial charge in [0.2, 0.25) is 0 Å². The Bertz CT molecular complexity index is 277. The average molecular weight is 234 g/mol. The molecule has 2 rings (SSSR count). The van der Waals surface area contributed by atoms with Crippen molar-refractivity contribution in [1.82, 2.24) is 9.80 Å². The van der Waals surface area contributed by atoms with Gasteiger partial charge in [-0.15, -0.1) is 0 Å². The zero-order valence-electron chi connectivity index (χ0n) is 11.1. The van der Waals surface area contributed by atoms with Crippen molar-refractivity contribution in [2.24, 2.45) is 0 Å². The van der Waals surface area contributed by atoms with Gasteiger partial charge in [0.05, 0.1) is 6.54 Å². The van der Waals surface area contributed by atoms with Crippen molar-refractivity contribution >= 4 is 0 Å². The van der Waals surface area contributed by atoms with E-state index in [0.29, 0.717) is 0 Å². The quantitative estimate of drug-likeness (QED) is 0.738. The molecule has 0 aromatic carbocycles. The number of hydrogen-bond acceptors (Lipinski definition) is 2. The van der Waals surface area contributed by atoms with Gasteiger partial charge in [0.15, 0.2) is 0 Å². The first kappa shape index (κ1) is 12.5. The third kappa shape index (κ3) is 3.52. The highest BCUT2D eigenvalue weighted by molar-refractivity contribution is 5.05. The summed E-state index contributed by atoms with van der Waals surface area (Å²) in [5, 5.41) is 0. The molecule has 0 aliphatic carbocycles. The van der Waals surface area contributed by atoms with E-state index >= 15 is 0 Å². The van der Waals surface area contributed by atoms with Crippen LogP contribution in [0.4, 0.5) is 0 Å². The molecule has 0 amide bonds. The molecular weight excluding hydrogens is 208 g/mol. The molecule has 2 nitrogen and oxygen atoms in total. The molecule has 2 heteroatoms. The maximum atomic E-state index is 4.26. The minimum atomic E-state index is 0.999. The Balaban J connectivity index is 1.86. The van der Waals surface area contributed by atoms with Crippen molar-refractivity contribution in [2.45, 2.75) is 44.9 Å². The molecule has 0 saturated carbocycles. The third-order valence-electron chi connectivity index (χ3n) is 4.02. The molecule has 0 spiro atoms. The van der Waals surface area contributed by atoms with Crippen LogP contribution in [-0.2, 0) is 0 Å². The molecule has 0 N–H and O–H groups in total. The summed E-state index contributed by atoms with van der Waals surface area (Å²) in [4.78, 5) is 4.91. The van der Waals surface area contributed by atoms with Gasteiger partial charge < -0.3 is 9.80 Å². The van der Waals surface area contributed by atoms with Gasteiger partial charge in [-0.3, -0.25) is 0 Å². The summed E-state index contributed by atoms with van der Waals surface area (Å²) in [6.45, 7) is 13.1. The Morgan fingerprint density at radius 1 is 0.941 bits per heavy atom. The number of nitrogens with zero attached hydrogens (tertiary/aromatic N) is 2. The zero-order valence-corrected chi connectivity index (χ0v) is 11.1. The number of hydrogen-bond donors (Lipinski definition) is 0. The number of allylic oxidation sites excluding steroid dienone is 1. The first-order valence-corrected chi connectivity index (χ1v) is 7.13. The van der Waals surface area contributed by atoms with E-state index in [1.165, 1.54) is 76.0 Å². The standard InChI is InChI=1S/C15H26N2/c1-14-9-5-3-4-6-12-17(14)13-15(2)16-10-7-8-11-16/h1-13H2. The molecule has 0 unspecified atom stereocenters. The Hall–Kier alpha value is -0.920. The van der Waals surface area contributed by atoms with Gasteiger partial charge in [0.1, 0.15) is 0 Å². The van der Waals surface area contributed by atoms with Crippen LogP contribution in [0.3, 0.4) is 0 Å². The van der Waals surface area contributed by atoms with E-state index in [4.69, 9.17) is 0 Å². The topological polar surface area (TPSA) is 6.48 Å². The highest BCUT2D eigenvalue weighted by atomic mass is 15.2. The normalized spacial score (nSPS) is 22.5. The maximum Gasteiger partial charge on any atom is 0.0569 e. The van der Waals surface area contributed by atoms with E-state index < -0.39 is 0 Å². The largest absolute Gasteiger partial charge is 0.374 e. The fourth-order valence-corrected chi connectivity index (χ4v) is 2.85. The summed E-state index contributed by atoms with van der Waals surface area (Å²) in [5.41, 5.74) is 2.62. The van der Waals surface area contributed by atoms with Gasteiger partial charge in [-0.2, -0.15) is 0 Å². The molecule has 2 fully saturated rings. The Kier molecular flexibility index (Phi) is 4.52. The smallest absolute Gasteiger partial charge is 0.0569 e. The molecule has 2 aliphatic heterocycles. The van der Waals surface area contributed by atoms with Crippen molar-refractivity contribution in [1.29, 1.82) is 0 Å². The highest BCUT2D eigenvalue weighted by Crippen LogP contribution is 2.21. The van der Waals surface area contributed by atoms with Gasteiger partial charge >= 0.3 is 0 Å². The summed E-state index contributed by atoms with van der Waals surface area (Å²) in [6.07, 6.45) is 9.21. The van der Waals surface area contributed by atoms with Gasteiger partial charge in [-0.05, 0) is 32.1 Å². The lowest BCUT2D eigenvalue weighted by Gasteiger charge is -2.32. The molecule has 96 valence electrons. The Morgan fingerprint density at radius 2 is 1.59 bits per heavy atom. The first-order valence-electron chi connectivity index (χ1n) is 7.13. The second-order valence-electron chi connectivity index (χ2n) is 5.41. The summed E-state index contributed by atoms with van der Waals surface area (Å²) < 4.78 is 0. The molecule has 2 saturated heterocycles. The Labute approximate surface area is 106 Å².